The number of carbonyl (C=O) groups excluding carboxylic acids is 2. The average molecular weight is 360 g/mol. The van der Waals surface area contributed by atoms with Crippen molar-refractivity contribution in [2.45, 2.75) is 25.3 Å². The maximum absolute atomic E-state index is 11.6. The van der Waals surface area contributed by atoms with Crippen molar-refractivity contribution in [1.29, 1.82) is 0 Å². The lowest BCUT2D eigenvalue weighted by Gasteiger charge is -2.24. The van der Waals surface area contributed by atoms with E-state index in [1.165, 1.54) is 18.6 Å². The van der Waals surface area contributed by atoms with E-state index in [-0.39, 0.29) is 17.6 Å². The molecule has 0 bridgehead atoms. The van der Waals surface area contributed by atoms with Crippen LogP contribution in [-0.4, -0.2) is 23.8 Å². The van der Waals surface area contributed by atoms with Gasteiger partial charge in [0.25, 0.3) is 0 Å². The Labute approximate surface area is 161 Å². The molecule has 3 aliphatic rings. The Hall–Kier alpha value is -3.17. The van der Waals surface area contributed by atoms with Crippen molar-refractivity contribution in [2.75, 3.05) is 11.9 Å². The molecule has 0 spiro atoms. The van der Waals surface area contributed by atoms with E-state index in [0.29, 0.717) is 23.1 Å². The molecule has 1 fully saturated rings. The number of hydrogen-bond acceptors (Lipinski definition) is 4. The second-order valence-electron chi connectivity index (χ2n) is 7.30. The summed E-state index contributed by atoms with van der Waals surface area (Å²) in [5.41, 5.74) is 5.35. The SMILES string of the molecule is [2H]C([2H])([2H])N1C(=C=O)C=Cc2cc(-c3cncc4c3[C@H]3C[C@H]3[C@H]4NC(C)=O)ccc21. The van der Waals surface area contributed by atoms with E-state index in [1.54, 1.807) is 18.1 Å². The lowest BCUT2D eigenvalue weighted by Crippen LogP contribution is -2.26. The first-order valence-corrected chi connectivity index (χ1v) is 8.92. The predicted molar refractivity (Wildman–Crippen MR) is 104 cm³/mol. The summed E-state index contributed by atoms with van der Waals surface area (Å²) in [4.78, 5) is 28.3. The van der Waals surface area contributed by atoms with Gasteiger partial charge in [0.1, 0.15) is 5.70 Å². The summed E-state index contributed by atoms with van der Waals surface area (Å²) in [7, 11) is 0. The normalized spacial score (nSPS) is 26.1. The molecule has 5 nitrogen and oxygen atoms in total. The van der Waals surface area contributed by atoms with Gasteiger partial charge in [-0.25, -0.2) is 4.79 Å². The second-order valence-corrected chi connectivity index (χ2v) is 7.30. The summed E-state index contributed by atoms with van der Waals surface area (Å²) in [5, 5.41) is 3.05. The number of hydrogen-bond donors (Lipinski definition) is 1. The van der Waals surface area contributed by atoms with E-state index in [0.717, 1.165) is 28.0 Å². The zero-order valence-corrected chi connectivity index (χ0v) is 14.7. The lowest BCUT2D eigenvalue weighted by molar-refractivity contribution is -0.119. The highest BCUT2D eigenvalue weighted by atomic mass is 16.1. The van der Waals surface area contributed by atoms with Crippen LogP contribution < -0.4 is 10.2 Å². The van der Waals surface area contributed by atoms with Gasteiger partial charge >= 0.3 is 0 Å². The van der Waals surface area contributed by atoms with E-state index in [9.17, 15) is 9.59 Å². The van der Waals surface area contributed by atoms with E-state index in [1.807, 2.05) is 24.5 Å². The van der Waals surface area contributed by atoms with Gasteiger partial charge in [-0.2, -0.15) is 0 Å². The first-order chi connectivity index (χ1) is 14.3. The summed E-state index contributed by atoms with van der Waals surface area (Å²) in [6.45, 7) is -0.961. The van der Waals surface area contributed by atoms with Crippen molar-refractivity contribution >= 4 is 23.6 Å². The minimum atomic E-state index is -2.49. The molecular formula is C22H19N3O2. The van der Waals surface area contributed by atoms with Gasteiger partial charge in [0.05, 0.1) is 6.04 Å². The van der Waals surface area contributed by atoms with E-state index >= 15 is 0 Å². The molecule has 27 heavy (non-hydrogen) atoms. The number of amides is 1. The number of anilines is 1. The van der Waals surface area contributed by atoms with Gasteiger partial charge in [0.2, 0.25) is 5.91 Å². The predicted octanol–water partition coefficient (Wildman–Crippen LogP) is 3.22. The Kier molecular flexibility index (Phi) is 2.74. The number of fused-ring (bicyclic) bond motifs is 4. The minimum absolute atomic E-state index is 0.00110. The van der Waals surface area contributed by atoms with Crippen LogP contribution in [0.4, 0.5) is 5.69 Å². The first kappa shape index (κ1) is 13.1. The Morgan fingerprint density at radius 1 is 1.37 bits per heavy atom. The molecule has 1 aromatic heterocycles. The Bertz CT molecular complexity index is 1160. The molecule has 1 aromatic carbocycles. The highest BCUT2D eigenvalue weighted by Crippen LogP contribution is 2.63. The van der Waals surface area contributed by atoms with Crippen LogP contribution in [0, 0.1) is 5.92 Å². The van der Waals surface area contributed by atoms with Crippen molar-refractivity contribution in [2.24, 2.45) is 5.92 Å². The molecule has 134 valence electrons. The van der Waals surface area contributed by atoms with E-state index < -0.39 is 6.98 Å². The number of likely N-dealkylation sites (N-methyl/N-ethyl adjacent to an activating group) is 1. The summed E-state index contributed by atoms with van der Waals surface area (Å²) >= 11 is 0. The van der Waals surface area contributed by atoms with E-state index in [2.05, 4.69) is 10.3 Å². The van der Waals surface area contributed by atoms with Crippen LogP contribution in [-0.2, 0) is 9.59 Å². The number of pyridine rings is 1. The Balaban J connectivity index is 1.60. The van der Waals surface area contributed by atoms with E-state index in [4.69, 9.17) is 4.11 Å². The molecule has 1 saturated carbocycles. The maximum atomic E-state index is 11.6. The van der Waals surface area contributed by atoms with Crippen LogP contribution in [0.15, 0.2) is 42.4 Å². The van der Waals surface area contributed by atoms with Crippen LogP contribution in [0.25, 0.3) is 17.2 Å². The molecule has 2 aliphatic carbocycles. The molecule has 0 radical (unpaired) electrons. The summed E-state index contributed by atoms with van der Waals surface area (Å²) in [5.74, 6) is 2.49. The fraction of sp³-hybridized carbons (Fsp3) is 0.273. The third-order valence-corrected chi connectivity index (χ3v) is 5.70. The van der Waals surface area contributed by atoms with Gasteiger partial charge in [-0.3, -0.25) is 9.78 Å². The molecule has 2 aromatic rings. The highest BCUT2D eigenvalue weighted by molar-refractivity contribution is 5.85. The molecule has 1 N–H and O–H groups in total. The number of aromatic nitrogens is 1. The fourth-order valence-corrected chi connectivity index (χ4v) is 4.44. The van der Waals surface area contributed by atoms with Crippen molar-refractivity contribution in [3.8, 4) is 11.1 Å². The number of carbonyl (C=O) groups is 1. The van der Waals surface area contributed by atoms with Gasteiger partial charge in [-0.05, 0) is 58.7 Å². The second kappa shape index (κ2) is 5.66. The Morgan fingerprint density at radius 3 is 3.04 bits per heavy atom. The van der Waals surface area contributed by atoms with Crippen LogP contribution in [0.5, 0.6) is 0 Å². The fourth-order valence-electron chi connectivity index (χ4n) is 4.44. The molecule has 5 heteroatoms. The van der Waals surface area contributed by atoms with Crippen LogP contribution in [0.3, 0.4) is 0 Å². The molecule has 0 unspecified atom stereocenters. The minimum Gasteiger partial charge on any atom is -0.349 e. The number of nitrogens with zero attached hydrogens (tertiary/aromatic N) is 2. The zero-order valence-electron chi connectivity index (χ0n) is 17.7. The van der Waals surface area contributed by atoms with Crippen molar-refractivity contribution in [3.05, 3.63) is 59.1 Å². The molecule has 1 amide bonds. The van der Waals surface area contributed by atoms with Crippen LogP contribution in [0.1, 0.15) is 46.1 Å². The number of benzene rings is 1. The smallest absolute Gasteiger partial charge is 0.217 e. The number of nitrogens with one attached hydrogen (secondary N) is 1. The zero-order chi connectivity index (χ0) is 21.2. The average Bonchev–Trinajstić information content (AvgIpc) is 3.43. The molecule has 3 atom stereocenters. The van der Waals surface area contributed by atoms with Crippen molar-refractivity contribution < 1.29 is 13.7 Å². The van der Waals surface area contributed by atoms with Gasteiger partial charge < -0.3 is 10.2 Å². The molecular weight excluding hydrogens is 338 g/mol. The molecule has 1 aliphatic heterocycles. The summed E-state index contributed by atoms with van der Waals surface area (Å²) < 4.78 is 23.4. The highest BCUT2D eigenvalue weighted by Gasteiger charge is 2.53. The number of rotatable bonds is 2. The third kappa shape index (κ3) is 2.36. The molecule has 2 heterocycles. The van der Waals surface area contributed by atoms with Crippen molar-refractivity contribution in [1.82, 2.24) is 10.3 Å². The van der Waals surface area contributed by atoms with Crippen LogP contribution in [0.2, 0.25) is 0 Å². The molecule has 0 saturated heterocycles. The van der Waals surface area contributed by atoms with Gasteiger partial charge in [0, 0.05) is 41.7 Å². The van der Waals surface area contributed by atoms with Gasteiger partial charge in [-0.15, -0.1) is 0 Å². The van der Waals surface area contributed by atoms with Gasteiger partial charge in [0.15, 0.2) is 5.94 Å². The quantitative estimate of drug-likeness (QED) is 0.836. The summed E-state index contributed by atoms with van der Waals surface area (Å²) in [6, 6.07) is 5.51. The monoisotopic (exact) mass is 360 g/mol. The van der Waals surface area contributed by atoms with Gasteiger partial charge in [-0.1, -0.05) is 12.1 Å². The first-order valence-electron chi connectivity index (χ1n) is 10.4. The lowest BCUT2D eigenvalue weighted by atomic mass is 9.93. The van der Waals surface area contributed by atoms with Crippen LogP contribution >= 0.6 is 0 Å². The largest absolute Gasteiger partial charge is 0.349 e. The van der Waals surface area contributed by atoms with Crippen molar-refractivity contribution in [3.63, 3.8) is 0 Å². The molecule has 5 rings (SSSR count). The Morgan fingerprint density at radius 2 is 2.26 bits per heavy atom. The number of allylic oxidation sites excluding steroid dienone is 1. The topological polar surface area (TPSA) is 62.3 Å². The third-order valence-electron chi connectivity index (χ3n) is 5.70. The summed E-state index contributed by atoms with van der Waals surface area (Å²) in [6.07, 6.45) is 7.92. The maximum Gasteiger partial charge on any atom is 0.217 e. The standard InChI is InChI=1S/C22H19N3O2/c1-12(27)24-22-17-8-16(17)21-18(9-23-10-19(21)22)13-4-6-20-14(7-13)3-5-15(11-26)25(20)2/h3-7,9-10,16-17,22H,8H2,1-2H3,(H,24,27)/t16-,17+,22+/m0/s1/i2D3.